The fourth-order valence-electron chi connectivity index (χ4n) is 5.38. The number of likely N-dealkylation sites (tertiary alicyclic amines) is 1. The van der Waals surface area contributed by atoms with Crippen molar-refractivity contribution in [3.8, 4) is 0 Å². The number of piperidine rings is 1. The van der Waals surface area contributed by atoms with E-state index in [1.54, 1.807) is 45.2 Å². The van der Waals surface area contributed by atoms with E-state index in [2.05, 4.69) is 14.6 Å². The Hall–Kier alpha value is -2.56. The van der Waals surface area contributed by atoms with Gasteiger partial charge in [0, 0.05) is 23.4 Å². The first kappa shape index (κ1) is 26.1. The number of rotatable bonds is 6. The molecule has 2 unspecified atom stereocenters. The number of aromatic nitrogens is 1. The van der Waals surface area contributed by atoms with Crippen molar-refractivity contribution < 1.29 is 22.3 Å². The number of aliphatic imine (C=N–C) groups is 1. The van der Waals surface area contributed by atoms with Crippen molar-refractivity contribution in [1.29, 1.82) is 0 Å². The molecular formula is C27H35FN4O4S. The predicted octanol–water partition coefficient (Wildman–Crippen LogP) is 3.56. The molecule has 0 radical (unpaired) electrons. The molecule has 3 saturated heterocycles. The van der Waals surface area contributed by atoms with Gasteiger partial charge in [0.15, 0.2) is 0 Å². The van der Waals surface area contributed by atoms with Gasteiger partial charge in [-0.2, -0.15) is 0 Å². The number of halogens is 1. The molecule has 2 atom stereocenters. The van der Waals surface area contributed by atoms with Gasteiger partial charge in [-0.1, -0.05) is 24.3 Å². The number of hydrogen-bond acceptors (Lipinski definition) is 7. The molecule has 0 spiro atoms. The molecule has 200 valence electrons. The second kappa shape index (κ2) is 10.3. The molecule has 10 heteroatoms. The van der Waals surface area contributed by atoms with Gasteiger partial charge in [0.1, 0.15) is 16.7 Å². The molecule has 4 heterocycles. The summed E-state index contributed by atoms with van der Waals surface area (Å²) < 4.78 is 54.4. The van der Waals surface area contributed by atoms with Crippen molar-refractivity contribution >= 4 is 16.0 Å². The Morgan fingerprint density at radius 2 is 1.92 bits per heavy atom. The van der Waals surface area contributed by atoms with Crippen LogP contribution in [0.5, 0.6) is 0 Å². The molecule has 8 nitrogen and oxygen atoms in total. The van der Waals surface area contributed by atoms with Crippen LogP contribution in [0, 0.1) is 5.82 Å². The number of nitrogens with zero attached hydrogens (tertiary/aromatic N) is 3. The van der Waals surface area contributed by atoms with E-state index in [9.17, 15) is 12.8 Å². The van der Waals surface area contributed by atoms with Crippen LogP contribution in [0.4, 0.5) is 4.39 Å². The first-order chi connectivity index (χ1) is 17.6. The van der Waals surface area contributed by atoms with E-state index < -0.39 is 32.7 Å². The highest BCUT2D eigenvalue weighted by Gasteiger charge is 2.47. The highest BCUT2D eigenvalue weighted by molar-refractivity contribution is 7.90. The highest BCUT2D eigenvalue weighted by atomic mass is 32.2. The quantitative estimate of drug-likeness (QED) is 0.614. The molecule has 3 aliphatic rings. The lowest BCUT2D eigenvalue weighted by Gasteiger charge is -2.41. The summed E-state index contributed by atoms with van der Waals surface area (Å²) in [5.41, 5.74) is 1.21. The van der Waals surface area contributed by atoms with Gasteiger partial charge in [0.2, 0.25) is 10.0 Å². The topological polar surface area (TPSA) is 93.1 Å². The maximum Gasteiger partial charge on any atom is 0.299 e. The summed E-state index contributed by atoms with van der Waals surface area (Å²) in [7, 11) is -3.80. The standard InChI is InChI=1S/C27H35FN4O4S/c1-18(22-6-4-5-7-23(22)28)30-26-31-37(33,34)25(27(2,3)36-26)14-19-8-9-24(29-15-19)20-10-12-32(13-11-20)21-16-35-17-21/h4-9,15,18,20-21,25H,10-14,16-17H2,1-3H3,(H,30,31). The zero-order chi connectivity index (χ0) is 26.2. The highest BCUT2D eigenvalue weighted by Crippen LogP contribution is 2.32. The van der Waals surface area contributed by atoms with E-state index in [0.29, 0.717) is 17.5 Å². The lowest BCUT2D eigenvalue weighted by atomic mass is 9.91. The minimum atomic E-state index is -3.80. The second-order valence-corrected chi connectivity index (χ2v) is 12.6. The molecule has 3 fully saturated rings. The molecule has 0 aliphatic carbocycles. The molecule has 0 bridgehead atoms. The third-order valence-electron chi connectivity index (χ3n) is 7.76. The normalized spacial score (nSPS) is 26.2. The summed E-state index contributed by atoms with van der Waals surface area (Å²) in [5.74, 6) is 0.0194. The van der Waals surface area contributed by atoms with Crippen molar-refractivity contribution in [3.05, 3.63) is 65.2 Å². The van der Waals surface area contributed by atoms with Crippen LogP contribution >= 0.6 is 0 Å². The van der Waals surface area contributed by atoms with Gasteiger partial charge in [0.05, 0.1) is 25.3 Å². The van der Waals surface area contributed by atoms with E-state index in [-0.39, 0.29) is 12.4 Å². The predicted molar refractivity (Wildman–Crippen MR) is 139 cm³/mol. The number of nitrogens with one attached hydrogen (secondary N) is 1. The third kappa shape index (κ3) is 5.66. The molecule has 0 amide bonds. The van der Waals surface area contributed by atoms with Gasteiger partial charge in [-0.25, -0.2) is 22.5 Å². The fraction of sp³-hybridized carbons (Fsp3) is 0.556. The summed E-state index contributed by atoms with van der Waals surface area (Å²) >= 11 is 0. The summed E-state index contributed by atoms with van der Waals surface area (Å²) in [4.78, 5) is 11.5. The van der Waals surface area contributed by atoms with Crippen molar-refractivity contribution in [2.45, 2.75) is 68.9 Å². The third-order valence-corrected chi connectivity index (χ3v) is 9.70. The SMILES string of the molecule is CC(N=C1NS(=O)(=O)C(Cc2ccc(C3CCN(C4COC4)CC3)nc2)C(C)(C)O1)c1ccccc1F. The van der Waals surface area contributed by atoms with Crippen LogP contribution in [-0.4, -0.2) is 67.5 Å². The van der Waals surface area contributed by atoms with E-state index in [1.165, 1.54) is 6.07 Å². The summed E-state index contributed by atoms with van der Waals surface area (Å²) in [6.07, 6.45) is 4.18. The van der Waals surface area contributed by atoms with Gasteiger partial charge < -0.3 is 9.47 Å². The number of pyridine rings is 1. The maximum atomic E-state index is 14.2. The molecule has 2 aromatic rings. The molecule has 1 aromatic heterocycles. The zero-order valence-corrected chi connectivity index (χ0v) is 22.4. The van der Waals surface area contributed by atoms with Gasteiger partial charge in [-0.3, -0.25) is 9.88 Å². The van der Waals surface area contributed by atoms with Gasteiger partial charge in [0.25, 0.3) is 6.02 Å². The Kier molecular flexibility index (Phi) is 7.26. The fourth-order valence-corrected chi connectivity index (χ4v) is 7.06. The average Bonchev–Trinajstić information content (AvgIpc) is 2.81. The molecular weight excluding hydrogens is 495 g/mol. The van der Waals surface area contributed by atoms with Crippen molar-refractivity contribution in [2.75, 3.05) is 26.3 Å². The Balaban J connectivity index is 1.24. The Labute approximate surface area is 218 Å². The van der Waals surface area contributed by atoms with Crippen molar-refractivity contribution in [2.24, 2.45) is 4.99 Å². The van der Waals surface area contributed by atoms with E-state index in [4.69, 9.17) is 14.5 Å². The van der Waals surface area contributed by atoms with Crippen LogP contribution in [0.2, 0.25) is 0 Å². The second-order valence-electron chi connectivity index (χ2n) is 10.8. The summed E-state index contributed by atoms with van der Waals surface area (Å²) in [6, 6.07) is 10.1. The minimum Gasteiger partial charge on any atom is -0.457 e. The number of ether oxygens (including phenoxy) is 2. The van der Waals surface area contributed by atoms with Crippen LogP contribution in [0.3, 0.4) is 0 Å². The molecule has 1 aromatic carbocycles. The maximum absolute atomic E-state index is 14.2. The van der Waals surface area contributed by atoms with Gasteiger partial charge >= 0.3 is 0 Å². The van der Waals surface area contributed by atoms with Crippen molar-refractivity contribution in [3.63, 3.8) is 0 Å². The first-order valence-electron chi connectivity index (χ1n) is 12.9. The number of sulfonamides is 1. The molecule has 5 rings (SSSR count). The zero-order valence-electron chi connectivity index (χ0n) is 21.6. The lowest BCUT2D eigenvalue weighted by molar-refractivity contribution is -0.0713. The van der Waals surface area contributed by atoms with E-state index >= 15 is 0 Å². The van der Waals surface area contributed by atoms with Gasteiger partial charge in [-0.05, 0) is 70.8 Å². The van der Waals surface area contributed by atoms with Crippen LogP contribution in [0.1, 0.15) is 62.4 Å². The van der Waals surface area contributed by atoms with Crippen LogP contribution in [-0.2, 0) is 25.9 Å². The van der Waals surface area contributed by atoms with E-state index in [0.717, 1.165) is 50.4 Å². The van der Waals surface area contributed by atoms with Crippen LogP contribution < -0.4 is 4.72 Å². The molecule has 1 N–H and O–H groups in total. The largest absolute Gasteiger partial charge is 0.457 e. The average molecular weight is 531 g/mol. The van der Waals surface area contributed by atoms with E-state index in [1.807, 2.05) is 12.1 Å². The summed E-state index contributed by atoms with van der Waals surface area (Å²) in [6.45, 7) is 8.96. The Morgan fingerprint density at radius 3 is 2.51 bits per heavy atom. The molecule has 3 aliphatic heterocycles. The molecule has 37 heavy (non-hydrogen) atoms. The lowest BCUT2D eigenvalue weighted by Crippen LogP contribution is -2.59. The monoisotopic (exact) mass is 530 g/mol. The summed E-state index contributed by atoms with van der Waals surface area (Å²) in [5, 5.41) is -0.844. The molecule has 0 saturated carbocycles. The first-order valence-corrected chi connectivity index (χ1v) is 14.5. The minimum absolute atomic E-state index is 0.120. The Morgan fingerprint density at radius 1 is 1.19 bits per heavy atom. The number of hydrogen-bond donors (Lipinski definition) is 1. The van der Waals surface area contributed by atoms with Crippen LogP contribution in [0.25, 0.3) is 0 Å². The van der Waals surface area contributed by atoms with Crippen molar-refractivity contribution in [1.82, 2.24) is 14.6 Å². The Bertz CT molecular complexity index is 1240. The van der Waals surface area contributed by atoms with Gasteiger partial charge in [-0.15, -0.1) is 0 Å². The smallest absolute Gasteiger partial charge is 0.299 e. The van der Waals surface area contributed by atoms with Crippen LogP contribution in [0.15, 0.2) is 47.6 Å². The number of benzene rings is 1. The number of amidine groups is 1.